The van der Waals surface area contributed by atoms with Crippen LogP contribution in [0.1, 0.15) is 11.1 Å². The van der Waals surface area contributed by atoms with E-state index in [1.807, 2.05) is 24.3 Å². The molecule has 0 aliphatic carbocycles. The number of morpholine rings is 1. The molecule has 0 bridgehead atoms. The topological polar surface area (TPSA) is 61.8 Å². The van der Waals surface area contributed by atoms with Crippen LogP contribution in [0.3, 0.4) is 0 Å². The van der Waals surface area contributed by atoms with Gasteiger partial charge in [-0.1, -0.05) is 24.3 Å². The number of anilines is 2. The number of hydrogen-bond acceptors (Lipinski definition) is 4. The average molecular weight is 326 g/mol. The lowest BCUT2D eigenvalue weighted by atomic mass is 10.1. The van der Waals surface area contributed by atoms with Crippen LogP contribution in [0.15, 0.2) is 48.5 Å². The minimum absolute atomic E-state index is 0.0521. The van der Waals surface area contributed by atoms with Crippen molar-refractivity contribution in [2.75, 3.05) is 31.6 Å². The van der Waals surface area contributed by atoms with E-state index in [4.69, 9.17) is 9.84 Å². The van der Waals surface area contributed by atoms with Crippen LogP contribution in [0, 0.1) is 0 Å². The highest BCUT2D eigenvalue weighted by Gasteiger charge is 2.10. The fourth-order valence-corrected chi connectivity index (χ4v) is 2.76. The third kappa shape index (κ3) is 4.81. The Morgan fingerprint density at radius 3 is 2.04 bits per heavy atom. The molecule has 0 unspecified atom stereocenters. The van der Waals surface area contributed by atoms with Crippen molar-refractivity contribution in [1.29, 1.82) is 0 Å². The third-order valence-corrected chi connectivity index (χ3v) is 4.06. The number of rotatable bonds is 6. The highest BCUT2D eigenvalue weighted by Crippen LogP contribution is 2.19. The lowest BCUT2D eigenvalue weighted by molar-refractivity contribution is -0.136. The number of nitrogens with zero attached hydrogens (tertiary/aromatic N) is 1. The van der Waals surface area contributed by atoms with E-state index in [1.54, 1.807) is 0 Å². The zero-order chi connectivity index (χ0) is 16.8. The van der Waals surface area contributed by atoms with Gasteiger partial charge in [-0.05, 0) is 35.4 Å². The Hall–Kier alpha value is -2.37. The maximum Gasteiger partial charge on any atom is 0.307 e. The number of ether oxygens (including phenoxy) is 1. The van der Waals surface area contributed by atoms with E-state index in [0.29, 0.717) is 0 Å². The van der Waals surface area contributed by atoms with Gasteiger partial charge in [0.25, 0.3) is 0 Å². The van der Waals surface area contributed by atoms with Crippen LogP contribution in [0.25, 0.3) is 0 Å². The monoisotopic (exact) mass is 326 g/mol. The van der Waals surface area contributed by atoms with E-state index >= 15 is 0 Å². The Morgan fingerprint density at radius 2 is 1.50 bits per heavy atom. The van der Waals surface area contributed by atoms with Crippen LogP contribution < -0.4 is 5.32 Å². The summed E-state index contributed by atoms with van der Waals surface area (Å²) >= 11 is 0. The first-order chi connectivity index (χ1) is 11.7. The molecule has 0 radical (unpaired) electrons. The van der Waals surface area contributed by atoms with Gasteiger partial charge in [-0.3, -0.25) is 9.69 Å². The van der Waals surface area contributed by atoms with Gasteiger partial charge in [0.15, 0.2) is 0 Å². The van der Waals surface area contributed by atoms with Crippen molar-refractivity contribution in [2.45, 2.75) is 13.0 Å². The Bertz CT molecular complexity index is 662. The molecule has 2 aromatic rings. The van der Waals surface area contributed by atoms with E-state index in [-0.39, 0.29) is 6.42 Å². The summed E-state index contributed by atoms with van der Waals surface area (Å²) in [7, 11) is 0. The quantitative estimate of drug-likeness (QED) is 0.855. The molecule has 5 nitrogen and oxygen atoms in total. The molecule has 2 aromatic carbocycles. The van der Waals surface area contributed by atoms with Crippen molar-refractivity contribution in [3.63, 3.8) is 0 Å². The first kappa shape index (κ1) is 16.5. The molecule has 2 N–H and O–H groups in total. The van der Waals surface area contributed by atoms with Gasteiger partial charge in [-0.25, -0.2) is 0 Å². The predicted molar refractivity (Wildman–Crippen MR) is 93.6 cm³/mol. The molecule has 0 spiro atoms. The standard InChI is InChI=1S/C19H22N2O3/c22-19(23)13-15-1-5-17(6-2-15)20-18-7-3-16(4-8-18)14-21-9-11-24-12-10-21/h1-8,20H,9-14H2,(H,22,23). The summed E-state index contributed by atoms with van der Waals surface area (Å²) < 4.78 is 5.37. The molecule has 0 atom stereocenters. The largest absolute Gasteiger partial charge is 0.481 e. The van der Waals surface area contributed by atoms with Crippen molar-refractivity contribution in [3.05, 3.63) is 59.7 Å². The molecule has 1 heterocycles. The van der Waals surface area contributed by atoms with Crippen LogP contribution in [-0.4, -0.2) is 42.3 Å². The van der Waals surface area contributed by atoms with Gasteiger partial charge < -0.3 is 15.2 Å². The second-order valence-corrected chi connectivity index (χ2v) is 5.98. The molecule has 126 valence electrons. The molecule has 5 heteroatoms. The van der Waals surface area contributed by atoms with Crippen LogP contribution in [0.5, 0.6) is 0 Å². The fraction of sp³-hybridized carbons (Fsp3) is 0.316. The maximum atomic E-state index is 10.7. The van der Waals surface area contributed by atoms with Gasteiger partial charge >= 0.3 is 5.97 Å². The summed E-state index contributed by atoms with van der Waals surface area (Å²) in [5.74, 6) is -0.813. The van der Waals surface area contributed by atoms with Crippen molar-refractivity contribution in [3.8, 4) is 0 Å². The molecule has 3 rings (SSSR count). The van der Waals surface area contributed by atoms with Crippen molar-refractivity contribution in [1.82, 2.24) is 4.90 Å². The number of carboxylic acids is 1. The van der Waals surface area contributed by atoms with Crippen LogP contribution in [-0.2, 0) is 22.5 Å². The molecule has 1 aliphatic rings. The second kappa shape index (κ2) is 7.95. The predicted octanol–water partition coefficient (Wildman–Crippen LogP) is 2.89. The maximum absolute atomic E-state index is 10.7. The number of carboxylic acid groups (broad SMARTS) is 1. The van der Waals surface area contributed by atoms with Crippen molar-refractivity contribution in [2.24, 2.45) is 0 Å². The molecule has 0 saturated carbocycles. The number of hydrogen-bond donors (Lipinski definition) is 2. The molecule has 24 heavy (non-hydrogen) atoms. The molecule has 0 amide bonds. The van der Waals surface area contributed by atoms with E-state index in [2.05, 4.69) is 34.5 Å². The molecular formula is C19H22N2O3. The van der Waals surface area contributed by atoms with Gasteiger partial charge in [0.1, 0.15) is 0 Å². The smallest absolute Gasteiger partial charge is 0.307 e. The summed E-state index contributed by atoms with van der Waals surface area (Å²) in [6, 6.07) is 15.9. The summed E-state index contributed by atoms with van der Waals surface area (Å²) in [5.41, 5.74) is 4.06. The Morgan fingerprint density at radius 1 is 0.958 bits per heavy atom. The van der Waals surface area contributed by atoms with Crippen molar-refractivity contribution < 1.29 is 14.6 Å². The van der Waals surface area contributed by atoms with Crippen LogP contribution in [0.2, 0.25) is 0 Å². The van der Waals surface area contributed by atoms with Gasteiger partial charge in [0, 0.05) is 31.0 Å². The van der Waals surface area contributed by atoms with Gasteiger partial charge in [-0.2, -0.15) is 0 Å². The number of benzene rings is 2. The summed E-state index contributed by atoms with van der Waals surface area (Å²) in [4.78, 5) is 13.1. The number of aliphatic carboxylic acids is 1. The zero-order valence-electron chi connectivity index (χ0n) is 13.6. The van der Waals surface area contributed by atoms with E-state index in [9.17, 15) is 4.79 Å². The zero-order valence-corrected chi connectivity index (χ0v) is 13.6. The average Bonchev–Trinajstić information content (AvgIpc) is 2.59. The van der Waals surface area contributed by atoms with E-state index in [0.717, 1.165) is 49.8 Å². The molecular weight excluding hydrogens is 304 g/mol. The summed E-state index contributed by atoms with van der Waals surface area (Å²) in [5, 5.41) is 12.1. The lowest BCUT2D eigenvalue weighted by Gasteiger charge is -2.26. The third-order valence-electron chi connectivity index (χ3n) is 4.06. The summed E-state index contributed by atoms with van der Waals surface area (Å²) in [6.45, 7) is 4.56. The number of carbonyl (C=O) groups is 1. The van der Waals surface area contributed by atoms with Crippen LogP contribution >= 0.6 is 0 Å². The first-order valence-electron chi connectivity index (χ1n) is 8.16. The lowest BCUT2D eigenvalue weighted by Crippen LogP contribution is -2.35. The highest BCUT2D eigenvalue weighted by atomic mass is 16.5. The fourth-order valence-electron chi connectivity index (χ4n) is 2.76. The van der Waals surface area contributed by atoms with E-state index < -0.39 is 5.97 Å². The molecule has 1 aliphatic heterocycles. The molecule has 1 saturated heterocycles. The minimum Gasteiger partial charge on any atom is -0.481 e. The summed E-state index contributed by atoms with van der Waals surface area (Å²) in [6.07, 6.45) is 0.0521. The normalized spacial score (nSPS) is 15.2. The van der Waals surface area contributed by atoms with Crippen LogP contribution in [0.4, 0.5) is 11.4 Å². The Labute approximate surface area is 141 Å². The Balaban J connectivity index is 1.56. The van der Waals surface area contributed by atoms with Crippen molar-refractivity contribution >= 4 is 17.3 Å². The molecule has 1 fully saturated rings. The van der Waals surface area contributed by atoms with E-state index in [1.165, 1.54) is 5.56 Å². The number of nitrogens with one attached hydrogen (secondary N) is 1. The highest BCUT2D eigenvalue weighted by molar-refractivity contribution is 5.70. The first-order valence-corrected chi connectivity index (χ1v) is 8.16. The molecule has 0 aromatic heterocycles. The second-order valence-electron chi connectivity index (χ2n) is 5.98. The minimum atomic E-state index is -0.813. The Kier molecular flexibility index (Phi) is 5.46. The van der Waals surface area contributed by atoms with Gasteiger partial charge in [0.2, 0.25) is 0 Å². The van der Waals surface area contributed by atoms with Gasteiger partial charge in [0.05, 0.1) is 19.6 Å². The SMILES string of the molecule is O=C(O)Cc1ccc(Nc2ccc(CN3CCOCC3)cc2)cc1. The van der Waals surface area contributed by atoms with Gasteiger partial charge in [-0.15, -0.1) is 0 Å².